The Morgan fingerprint density at radius 3 is 1.90 bits per heavy atom. The van der Waals surface area contributed by atoms with Gasteiger partial charge in [0.15, 0.2) is 11.5 Å². The number of carbonyl (C=O) groups is 4. The minimum absolute atomic E-state index is 0.0408. The molecule has 0 spiro atoms. The molecule has 0 unspecified atom stereocenters. The number of esters is 1. The Kier molecular flexibility index (Phi) is 14.4. The third-order valence-electron chi connectivity index (χ3n) is 5.99. The molecule has 232 valence electrons. The third-order valence-corrected chi connectivity index (χ3v) is 5.99. The maximum absolute atomic E-state index is 12.5. The molecule has 1 rings (SSSR count). The number of carbonyl (C=O) groups excluding carboxylic acids is 4. The van der Waals surface area contributed by atoms with Crippen LogP contribution in [0.15, 0.2) is 18.2 Å². The van der Waals surface area contributed by atoms with Crippen LogP contribution in [0.4, 0.5) is 14.4 Å². The van der Waals surface area contributed by atoms with Gasteiger partial charge >= 0.3 is 24.4 Å². The summed E-state index contributed by atoms with van der Waals surface area (Å²) >= 11 is 0. The van der Waals surface area contributed by atoms with E-state index < -0.39 is 41.7 Å². The van der Waals surface area contributed by atoms with E-state index in [0.29, 0.717) is 18.4 Å². The molecule has 0 aliphatic carbocycles. The minimum Gasteiger partial charge on any atom is -0.468 e. The Balaban J connectivity index is 3.07. The SMILES string of the molecule is CCC(C)(C)OC(=O)Oc1ccc(C[C@H](NCCOC(=O)OCC(C)C)C(=O)OC)cc1OC(=O)OC(C)(C)CC. The van der Waals surface area contributed by atoms with Gasteiger partial charge in [-0.1, -0.05) is 33.8 Å². The number of hydrogen-bond donors (Lipinski definition) is 1. The van der Waals surface area contributed by atoms with Crippen molar-refractivity contribution in [2.45, 2.75) is 91.9 Å². The van der Waals surface area contributed by atoms with Gasteiger partial charge in [-0.05, 0) is 70.6 Å². The average molecular weight is 584 g/mol. The van der Waals surface area contributed by atoms with E-state index in [2.05, 4.69) is 5.32 Å². The van der Waals surface area contributed by atoms with Gasteiger partial charge in [0, 0.05) is 6.54 Å². The molecule has 0 aliphatic heterocycles. The number of hydrogen-bond acceptors (Lipinski definition) is 12. The molecule has 0 aromatic heterocycles. The van der Waals surface area contributed by atoms with Gasteiger partial charge in [-0.3, -0.25) is 4.79 Å². The Hall–Kier alpha value is -3.54. The second kappa shape index (κ2) is 16.7. The lowest BCUT2D eigenvalue weighted by Gasteiger charge is -2.24. The van der Waals surface area contributed by atoms with Crippen molar-refractivity contribution in [2.24, 2.45) is 5.92 Å². The van der Waals surface area contributed by atoms with E-state index >= 15 is 0 Å². The van der Waals surface area contributed by atoms with E-state index in [1.807, 2.05) is 27.7 Å². The fourth-order valence-electron chi connectivity index (χ4n) is 2.92. The first kappa shape index (κ1) is 35.5. The minimum atomic E-state index is -0.995. The largest absolute Gasteiger partial charge is 0.514 e. The molecular weight excluding hydrogens is 538 g/mol. The Morgan fingerprint density at radius 2 is 1.39 bits per heavy atom. The van der Waals surface area contributed by atoms with Gasteiger partial charge in [0.2, 0.25) is 0 Å². The fourth-order valence-corrected chi connectivity index (χ4v) is 2.92. The summed E-state index contributed by atoms with van der Waals surface area (Å²) in [6.07, 6.45) is -1.58. The molecule has 0 radical (unpaired) electrons. The second-order valence-electron chi connectivity index (χ2n) is 11.0. The van der Waals surface area contributed by atoms with Crippen molar-refractivity contribution in [1.29, 1.82) is 0 Å². The van der Waals surface area contributed by atoms with E-state index in [1.54, 1.807) is 33.8 Å². The molecule has 1 aromatic carbocycles. The third kappa shape index (κ3) is 14.1. The van der Waals surface area contributed by atoms with Crippen LogP contribution in [0.1, 0.15) is 73.8 Å². The molecular formula is C29H45NO11. The van der Waals surface area contributed by atoms with E-state index in [4.69, 9.17) is 33.2 Å². The van der Waals surface area contributed by atoms with Gasteiger partial charge in [-0.15, -0.1) is 0 Å². The summed E-state index contributed by atoms with van der Waals surface area (Å²) in [7, 11) is 1.25. The van der Waals surface area contributed by atoms with E-state index in [1.165, 1.54) is 19.2 Å². The maximum atomic E-state index is 12.5. The topological polar surface area (TPSA) is 145 Å². The Labute approximate surface area is 242 Å². The van der Waals surface area contributed by atoms with E-state index in [-0.39, 0.29) is 43.6 Å². The van der Waals surface area contributed by atoms with Gasteiger partial charge in [-0.2, -0.15) is 0 Å². The van der Waals surface area contributed by atoms with Crippen molar-refractivity contribution < 1.29 is 52.3 Å². The highest BCUT2D eigenvalue weighted by Crippen LogP contribution is 2.31. The molecule has 0 aliphatic rings. The monoisotopic (exact) mass is 583 g/mol. The van der Waals surface area contributed by atoms with Crippen molar-refractivity contribution in [3.8, 4) is 11.5 Å². The Bertz CT molecular complexity index is 1020. The average Bonchev–Trinajstić information content (AvgIpc) is 2.89. The molecule has 1 N–H and O–H groups in total. The molecule has 41 heavy (non-hydrogen) atoms. The van der Waals surface area contributed by atoms with Crippen LogP contribution in [0.25, 0.3) is 0 Å². The summed E-state index contributed by atoms with van der Waals surface area (Å²) in [5, 5.41) is 2.97. The summed E-state index contributed by atoms with van der Waals surface area (Å²) < 4.78 is 36.3. The highest BCUT2D eigenvalue weighted by molar-refractivity contribution is 5.76. The van der Waals surface area contributed by atoms with Gasteiger partial charge in [0.25, 0.3) is 0 Å². The smallest absolute Gasteiger partial charge is 0.468 e. The molecule has 1 aromatic rings. The van der Waals surface area contributed by atoms with Gasteiger partial charge < -0.3 is 38.5 Å². The molecule has 0 fully saturated rings. The summed E-state index contributed by atoms with van der Waals surface area (Å²) in [5.74, 6) is -0.577. The van der Waals surface area contributed by atoms with E-state index in [0.717, 1.165) is 0 Å². The van der Waals surface area contributed by atoms with Crippen LogP contribution in [0.5, 0.6) is 11.5 Å². The summed E-state index contributed by atoms with van der Waals surface area (Å²) in [6.45, 7) is 14.8. The van der Waals surface area contributed by atoms with Crippen molar-refractivity contribution >= 4 is 24.4 Å². The number of ether oxygens (including phenoxy) is 7. The van der Waals surface area contributed by atoms with Crippen molar-refractivity contribution in [1.82, 2.24) is 5.32 Å². The predicted octanol–water partition coefficient (Wildman–Crippen LogP) is 5.58. The molecule has 0 amide bonds. The highest BCUT2D eigenvalue weighted by atomic mass is 16.8. The molecule has 0 saturated heterocycles. The molecule has 0 saturated carbocycles. The number of nitrogens with one attached hydrogen (secondary N) is 1. The van der Waals surface area contributed by atoms with Crippen molar-refractivity contribution in [3.05, 3.63) is 23.8 Å². The lowest BCUT2D eigenvalue weighted by molar-refractivity contribution is -0.143. The molecule has 0 heterocycles. The normalized spacial score (nSPS) is 12.2. The molecule has 1 atom stereocenters. The van der Waals surface area contributed by atoms with E-state index in [9.17, 15) is 19.2 Å². The molecule has 12 nitrogen and oxygen atoms in total. The summed E-state index contributed by atoms with van der Waals surface area (Å²) in [4.78, 5) is 49.1. The quantitative estimate of drug-likeness (QED) is 0.119. The van der Waals surface area contributed by atoms with Crippen molar-refractivity contribution in [2.75, 3.05) is 26.9 Å². The number of benzene rings is 1. The standard InChI is InChI=1S/C29H45NO11/c1-10-28(5,6)40-26(33)38-22-13-12-20(17-23(22)39-27(34)41-29(7,8)11-2)16-21(24(31)35-9)30-14-15-36-25(32)37-18-19(3)4/h12-13,17,19,21,30H,10-11,14-16,18H2,1-9H3/t21-/m0/s1. The van der Waals surface area contributed by atoms with Crippen LogP contribution < -0.4 is 14.8 Å². The first-order chi connectivity index (χ1) is 19.1. The lowest BCUT2D eigenvalue weighted by atomic mass is 10.1. The van der Waals surface area contributed by atoms with Gasteiger partial charge in [0.05, 0.1) is 13.7 Å². The first-order valence-electron chi connectivity index (χ1n) is 13.7. The van der Waals surface area contributed by atoms with Crippen LogP contribution in [0.3, 0.4) is 0 Å². The summed E-state index contributed by atoms with van der Waals surface area (Å²) in [6, 6.07) is 3.63. The van der Waals surface area contributed by atoms with Crippen LogP contribution in [0, 0.1) is 5.92 Å². The van der Waals surface area contributed by atoms with Crippen LogP contribution in [-0.2, 0) is 34.9 Å². The van der Waals surface area contributed by atoms with Crippen LogP contribution >= 0.6 is 0 Å². The number of rotatable bonds is 15. The number of methoxy groups -OCH3 is 1. The lowest BCUT2D eigenvalue weighted by Crippen LogP contribution is -2.41. The van der Waals surface area contributed by atoms with Crippen molar-refractivity contribution in [3.63, 3.8) is 0 Å². The van der Waals surface area contributed by atoms with Gasteiger partial charge in [-0.25, -0.2) is 14.4 Å². The highest BCUT2D eigenvalue weighted by Gasteiger charge is 2.27. The van der Waals surface area contributed by atoms with Gasteiger partial charge in [0.1, 0.15) is 23.9 Å². The molecule has 0 bridgehead atoms. The summed E-state index contributed by atoms with van der Waals surface area (Å²) in [5.41, 5.74) is -1.02. The zero-order valence-electron chi connectivity index (χ0n) is 25.6. The zero-order valence-corrected chi connectivity index (χ0v) is 25.6. The Morgan fingerprint density at radius 1 is 0.829 bits per heavy atom. The predicted molar refractivity (Wildman–Crippen MR) is 149 cm³/mol. The second-order valence-corrected chi connectivity index (χ2v) is 11.0. The molecule has 12 heteroatoms. The van der Waals surface area contributed by atoms with Crippen LogP contribution in [0.2, 0.25) is 0 Å². The zero-order chi connectivity index (χ0) is 31.2. The maximum Gasteiger partial charge on any atom is 0.514 e. The fraction of sp³-hybridized carbons (Fsp3) is 0.655. The van der Waals surface area contributed by atoms with Crippen LogP contribution in [-0.4, -0.2) is 68.5 Å². The first-order valence-corrected chi connectivity index (χ1v) is 13.7.